The molecule has 1 aromatic rings. The fraction of sp³-hybridized carbons (Fsp3) is 0.865. The molecule has 40 heavy (non-hydrogen) atoms. The summed E-state index contributed by atoms with van der Waals surface area (Å²) in [5.74, 6) is 0.0253. The third-order valence-electron chi connectivity index (χ3n) is 8.40. The van der Waals surface area contributed by atoms with Gasteiger partial charge in [-0.15, -0.1) is 11.3 Å². The molecule has 1 heterocycles. The van der Waals surface area contributed by atoms with Crippen molar-refractivity contribution in [3.05, 3.63) is 22.4 Å². The first kappa shape index (κ1) is 37.2. The lowest BCUT2D eigenvalue weighted by molar-refractivity contribution is -0.143. The predicted molar refractivity (Wildman–Crippen MR) is 179 cm³/mol. The van der Waals surface area contributed by atoms with Crippen molar-refractivity contribution in [3.8, 4) is 0 Å². The summed E-state index contributed by atoms with van der Waals surface area (Å²) >= 11 is 1.90. The summed E-state index contributed by atoms with van der Waals surface area (Å²) in [5, 5.41) is 2.19. The van der Waals surface area contributed by atoms with Gasteiger partial charge in [-0.1, -0.05) is 174 Å². The largest absolute Gasteiger partial charge is 0.466 e. The Morgan fingerprint density at radius 3 is 1.38 bits per heavy atom. The number of ether oxygens (including phenoxy) is 1. The van der Waals surface area contributed by atoms with Crippen molar-refractivity contribution in [2.24, 2.45) is 0 Å². The van der Waals surface area contributed by atoms with E-state index in [4.69, 9.17) is 4.74 Å². The van der Waals surface area contributed by atoms with Gasteiger partial charge in [-0.3, -0.25) is 4.79 Å². The number of hydrogen-bond donors (Lipinski definition) is 0. The van der Waals surface area contributed by atoms with Crippen LogP contribution in [0, 0.1) is 0 Å². The summed E-state index contributed by atoms with van der Waals surface area (Å²) in [6.07, 6.45) is 39.8. The molecule has 0 fully saturated rings. The maximum absolute atomic E-state index is 11.9. The second-order valence-electron chi connectivity index (χ2n) is 12.3. The summed E-state index contributed by atoms with van der Waals surface area (Å²) in [5.41, 5.74) is 0. The fourth-order valence-electron chi connectivity index (χ4n) is 5.70. The van der Waals surface area contributed by atoms with Crippen LogP contribution in [0.15, 0.2) is 17.5 Å². The van der Waals surface area contributed by atoms with Crippen molar-refractivity contribution < 1.29 is 9.53 Å². The van der Waals surface area contributed by atoms with Crippen molar-refractivity contribution in [2.45, 2.75) is 200 Å². The molecule has 0 unspecified atom stereocenters. The number of esters is 1. The van der Waals surface area contributed by atoms with Gasteiger partial charge < -0.3 is 4.74 Å². The Hall–Kier alpha value is -0.830. The number of thiophene rings is 1. The smallest absolute Gasteiger partial charge is 0.305 e. The molecule has 0 saturated heterocycles. The van der Waals surface area contributed by atoms with Crippen LogP contribution in [0.3, 0.4) is 0 Å². The van der Waals surface area contributed by atoms with Crippen LogP contribution >= 0.6 is 11.3 Å². The lowest BCUT2D eigenvalue weighted by Crippen LogP contribution is -2.05. The van der Waals surface area contributed by atoms with Gasteiger partial charge in [0.2, 0.25) is 0 Å². The van der Waals surface area contributed by atoms with Gasteiger partial charge in [-0.05, 0) is 37.1 Å². The van der Waals surface area contributed by atoms with Gasteiger partial charge in [0.15, 0.2) is 0 Å². The van der Waals surface area contributed by atoms with Gasteiger partial charge in [0, 0.05) is 11.3 Å². The van der Waals surface area contributed by atoms with Gasteiger partial charge in [0.25, 0.3) is 0 Å². The quantitative estimate of drug-likeness (QED) is 0.0629. The average molecular weight is 577 g/mol. The van der Waals surface area contributed by atoms with Gasteiger partial charge in [-0.2, -0.15) is 0 Å². The Bertz CT molecular complexity index is 612. The second-order valence-corrected chi connectivity index (χ2v) is 13.4. The van der Waals surface area contributed by atoms with Crippen molar-refractivity contribution in [3.63, 3.8) is 0 Å². The molecule has 0 spiro atoms. The number of aryl methyl sites for hydroxylation is 1. The van der Waals surface area contributed by atoms with Crippen LogP contribution in [-0.4, -0.2) is 12.6 Å². The van der Waals surface area contributed by atoms with Crippen molar-refractivity contribution in [1.29, 1.82) is 0 Å². The first-order valence-electron chi connectivity index (χ1n) is 18.0. The Balaban J connectivity index is 1.67. The van der Waals surface area contributed by atoms with E-state index in [1.807, 2.05) is 11.3 Å². The SMILES string of the molecule is CCCCCCCCCCCCCCCOC(=O)CCCCCCCCCCCCCCCCCc1cccs1. The number of rotatable bonds is 32. The summed E-state index contributed by atoms with van der Waals surface area (Å²) in [4.78, 5) is 13.5. The van der Waals surface area contributed by atoms with E-state index in [-0.39, 0.29) is 5.97 Å². The fourth-order valence-corrected chi connectivity index (χ4v) is 6.45. The highest BCUT2D eigenvalue weighted by Gasteiger charge is 2.03. The van der Waals surface area contributed by atoms with E-state index in [1.54, 1.807) is 4.88 Å². The maximum atomic E-state index is 11.9. The minimum Gasteiger partial charge on any atom is -0.466 e. The molecule has 1 aromatic heterocycles. The Morgan fingerprint density at radius 1 is 0.550 bits per heavy atom. The molecule has 0 saturated carbocycles. The number of carbonyl (C=O) groups is 1. The van der Waals surface area contributed by atoms with Gasteiger partial charge in [-0.25, -0.2) is 0 Å². The predicted octanol–water partition coefficient (Wildman–Crippen LogP) is 13.2. The Morgan fingerprint density at radius 2 is 0.950 bits per heavy atom. The first-order valence-corrected chi connectivity index (χ1v) is 18.9. The van der Waals surface area contributed by atoms with E-state index in [0.717, 1.165) is 12.8 Å². The van der Waals surface area contributed by atoms with Crippen molar-refractivity contribution >= 4 is 17.3 Å². The Kier molecular flexibility index (Phi) is 28.9. The van der Waals surface area contributed by atoms with Crippen LogP contribution in [0.2, 0.25) is 0 Å². The number of carbonyl (C=O) groups excluding carboxylic acids is 1. The van der Waals surface area contributed by atoms with Crippen LogP contribution in [0.25, 0.3) is 0 Å². The van der Waals surface area contributed by atoms with Crippen LogP contribution < -0.4 is 0 Å². The highest BCUT2D eigenvalue weighted by atomic mass is 32.1. The molecule has 0 bridgehead atoms. The molecule has 0 aliphatic heterocycles. The molecule has 234 valence electrons. The number of unbranched alkanes of at least 4 members (excludes halogenated alkanes) is 26. The zero-order valence-corrected chi connectivity index (χ0v) is 27.7. The summed E-state index contributed by atoms with van der Waals surface area (Å²) in [6, 6.07) is 4.44. The normalized spacial score (nSPS) is 11.3. The standard InChI is InChI=1S/C37H68O2S/c1-2-3-4-5-6-7-8-14-17-20-23-26-29-34-39-37(38)33-28-25-22-19-16-13-11-9-10-12-15-18-21-24-27-31-36-32-30-35-40-36/h30,32,35H,2-29,31,33-34H2,1H3. The van der Waals surface area contributed by atoms with Crippen LogP contribution in [0.1, 0.15) is 198 Å². The van der Waals surface area contributed by atoms with Crippen LogP contribution in [0.4, 0.5) is 0 Å². The van der Waals surface area contributed by atoms with Gasteiger partial charge in [0.05, 0.1) is 6.61 Å². The Labute approximate surface area is 254 Å². The molecule has 0 aliphatic rings. The van der Waals surface area contributed by atoms with E-state index >= 15 is 0 Å². The van der Waals surface area contributed by atoms with Crippen LogP contribution in [0.5, 0.6) is 0 Å². The molecule has 0 amide bonds. The lowest BCUT2D eigenvalue weighted by atomic mass is 10.0. The number of hydrogen-bond acceptors (Lipinski definition) is 3. The van der Waals surface area contributed by atoms with Gasteiger partial charge in [0.1, 0.15) is 0 Å². The second kappa shape index (κ2) is 31.1. The van der Waals surface area contributed by atoms with Crippen LogP contribution in [-0.2, 0) is 16.0 Å². The molecule has 0 atom stereocenters. The zero-order chi connectivity index (χ0) is 28.6. The summed E-state index contributed by atoms with van der Waals surface area (Å²) < 4.78 is 5.44. The minimum absolute atomic E-state index is 0.0253. The van der Waals surface area contributed by atoms with E-state index in [9.17, 15) is 4.79 Å². The lowest BCUT2D eigenvalue weighted by Gasteiger charge is -2.06. The average Bonchev–Trinajstić information content (AvgIpc) is 3.48. The van der Waals surface area contributed by atoms with Gasteiger partial charge >= 0.3 is 5.97 Å². The third kappa shape index (κ3) is 27.3. The van der Waals surface area contributed by atoms with E-state index in [2.05, 4.69) is 24.4 Å². The van der Waals surface area contributed by atoms with E-state index in [1.165, 1.54) is 173 Å². The molecule has 0 aliphatic carbocycles. The highest BCUT2D eigenvalue weighted by Crippen LogP contribution is 2.16. The van der Waals surface area contributed by atoms with Crippen molar-refractivity contribution in [2.75, 3.05) is 6.61 Å². The zero-order valence-electron chi connectivity index (χ0n) is 26.9. The molecule has 1 rings (SSSR count). The molecule has 0 radical (unpaired) electrons. The monoisotopic (exact) mass is 576 g/mol. The first-order chi connectivity index (χ1) is 19.8. The maximum Gasteiger partial charge on any atom is 0.305 e. The molecule has 2 nitrogen and oxygen atoms in total. The molecule has 3 heteroatoms. The molecular weight excluding hydrogens is 508 g/mol. The van der Waals surface area contributed by atoms with E-state index in [0.29, 0.717) is 13.0 Å². The summed E-state index contributed by atoms with van der Waals surface area (Å²) in [7, 11) is 0. The molecular formula is C37H68O2S. The van der Waals surface area contributed by atoms with E-state index < -0.39 is 0 Å². The topological polar surface area (TPSA) is 26.3 Å². The third-order valence-corrected chi connectivity index (χ3v) is 9.33. The molecule has 0 aromatic carbocycles. The van der Waals surface area contributed by atoms with Crippen molar-refractivity contribution in [1.82, 2.24) is 0 Å². The minimum atomic E-state index is 0.0253. The molecule has 0 N–H and O–H groups in total. The highest BCUT2D eigenvalue weighted by molar-refractivity contribution is 7.09. The summed E-state index contributed by atoms with van der Waals surface area (Å²) in [6.45, 7) is 2.92.